The number of carbonyl (C=O) groups excluding carboxylic acids is 2. The highest BCUT2D eigenvalue weighted by Gasteiger charge is 2.49. The van der Waals surface area contributed by atoms with Crippen molar-refractivity contribution < 1.29 is 14.3 Å². The second-order valence-corrected chi connectivity index (χ2v) is 6.97. The van der Waals surface area contributed by atoms with E-state index in [4.69, 9.17) is 16.3 Å². The van der Waals surface area contributed by atoms with Crippen LogP contribution < -0.4 is 0 Å². The molecule has 0 aromatic heterocycles. The first-order valence-corrected chi connectivity index (χ1v) is 8.59. The van der Waals surface area contributed by atoms with Crippen molar-refractivity contribution in [3.63, 3.8) is 0 Å². The van der Waals surface area contributed by atoms with E-state index in [-0.39, 0.29) is 11.8 Å². The first kappa shape index (κ1) is 17.8. The van der Waals surface area contributed by atoms with Crippen LogP contribution in [-0.2, 0) is 14.3 Å². The predicted octanol–water partition coefficient (Wildman–Crippen LogP) is 4.51. The van der Waals surface area contributed by atoms with Gasteiger partial charge in [-0.15, -0.1) is 0 Å². The Bertz CT molecular complexity index is 676. The van der Waals surface area contributed by atoms with Crippen LogP contribution in [0.1, 0.15) is 27.7 Å². The van der Waals surface area contributed by atoms with Crippen molar-refractivity contribution in [1.82, 2.24) is 0 Å². The first-order chi connectivity index (χ1) is 10.9. The van der Waals surface area contributed by atoms with Crippen molar-refractivity contribution in [2.75, 3.05) is 6.07 Å². The molecule has 0 unspecified atom stereocenters. The molecular formula is C18H19ClO3S. The van der Waals surface area contributed by atoms with E-state index in [9.17, 15) is 9.59 Å². The molecule has 1 aliphatic rings. The summed E-state index contributed by atoms with van der Waals surface area (Å²) in [5.41, 5.74) is 2.58. The highest BCUT2D eigenvalue weighted by atomic mass is 35.5. The van der Waals surface area contributed by atoms with E-state index in [1.807, 2.05) is 44.2 Å². The number of alkyl halides is 1. The average Bonchev–Trinajstić information content (AvgIpc) is 2.56. The number of thioether (sulfide) groups is 1. The molecule has 1 aromatic rings. The average molecular weight is 351 g/mol. The number of halogens is 1. The van der Waals surface area contributed by atoms with Crippen LogP contribution >= 0.6 is 23.4 Å². The van der Waals surface area contributed by atoms with Gasteiger partial charge < -0.3 is 4.74 Å². The van der Waals surface area contributed by atoms with Gasteiger partial charge in [-0.2, -0.15) is 0 Å². The van der Waals surface area contributed by atoms with Gasteiger partial charge in [-0.05, 0) is 62.1 Å². The number of carbonyl (C=O) groups is 2. The lowest BCUT2D eigenvalue weighted by Gasteiger charge is -2.37. The van der Waals surface area contributed by atoms with Crippen molar-refractivity contribution in [3.05, 3.63) is 52.6 Å². The van der Waals surface area contributed by atoms with Crippen LogP contribution in [0.3, 0.4) is 0 Å². The number of ether oxygens (including phenoxy) is 1. The standard InChI is InChI=1S/C18H19ClO3S/c1-11-13(3)18(17(21)22-10-19,14(4)12(2)16(11)20)23-15-8-6-5-7-9-15/h5-9H,10H2,1-4H3. The van der Waals surface area contributed by atoms with Crippen molar-refractivity contribution in [3.8, 4) is 0 Å². The van der Waals surface area contributed by atoms with Gasteiger partial charge in [0.1, 0.15) is 0 Å². The molecule has 122 valence electrons. The zero-order valence-corrected chi connectivity index (χ0v) is 15.2. The van der Waals surface area contributed by atoms with Crippen molar-refractivity contribution in [1.29, 1.82) is 0 Å². The topological polar surface area (TPSA) is 43.4 Å². The third-order valence-electron chi connectivity index (χ3n) is 4.35. The second-order valence-electron chi connectivity index (χ2n) is 5.47. The number of hydrogen-bond acceptors (Lipinski definition) is 4. The van der Waals surface area contributed by atoms with Gasteiger partial charge in [0.05, 0.1) is 0 Å². The summed E-state index contributed by atoms with van der Waals surface area (Å²) in [5.74, 6) is -0.467. The number of ketones is 1. The van der Waals surface area contributed by atoms with Crippen molar-refractivity contribution >= 4 is 35.1 Å². The molecule has 0 fully saturated rings. The zero-order chi connectivity index (χ0) is 17.2. The van der Waals surface area contributed by atoms with Gasteiger partial charge in [-0.1, -0.05) is 41.6 Å². The van der Waals surface area contributed by atoms with E-state index < -0.39 is 10.7 Å². The summed E-state index contributed by atoms with van der Waals surface area (Å²) in [7, 11) is 0. The Morgan fingerprint density at radius 3 is 2.09 bits per heavy atom. The summed E-state index contributed by atoms with van der Waals surface area (Å²) >= 11 is 7.01. The molecule has 23 heavy (non-hydrogen) atoms. The Morgan fingerprint density at radius 2 is 1.61 bits per heavy atom. The quantitative estimate of drug-likeness (QED) is 0.591. The highest BCUT2D eigenvalue weighted by Crippen LogP contribution is 2.49. The number of hydrogen-bond donors (Lipinski definition) is 0. The molecule has 2 rings (SSSR count). The molecule has 5 heteroatoms. The maximum absolute atomic E-state index is 12.8. The van der Waals surface area contributed by atoms with Gasteiger partial charge in [0.25, 0.3) is 0 Å². The number of rotatable bonds is 4. The Balaban J connectivity index is 2.66. The SMILES string of the molecule is CC1=C(C)C(Sc2ccccc2)(C(=O)OCCl)C(C)=C(C)C1=O. The lowest BCUT2D eigenvalue weighted by Crippen LogP contribution is -2.43. The summed E-state index contributed by atoms with van der Waals surface area (Å²) in [6.45, 7) is 7.13. The summed E-state index contributed by atoms with van der Waals surface area (Å²) in [5, 5.41) is 0. The van der Waals surface area contributed by atoms with Crippen LogP contribution in [0.4, 0.5) is 0 Å². The maximum Gasteiger partial charge on any atom is 0.332 e. The van der Waals surface area contributed by atoms with Crippen molar-refractivity contribution in [2.45, 2.75) is 37.3 Å². The lowest BCUT2D eigenvalue weighted by atomic mass is 9.78. The molecule has 0 bridgehead atoms. The molecule has 0 saturated heterocycles. The third-order valence-corrected chi connectivity index (χ3v) is 6.05. The van der Waals surface area contributed by atoms with E-state index in [0.717, 1.165) is 4.90 Å². The molecule has 0 saturated carbocycles. The highest BCUT2D eigenvalue weighted by molar-refractivity contribution is 8.02. The number of Topliss-reactive ketones (excluding diaryl/α,β-unsaturated/α-hetero) is 1. The monoisotopic (exact) mass is 350 g/mol. The summed E-state index contributed by atoms with van der Waals surface area (Å²) < 4.78 is 4.10. The summed E-state index contributed by atoms with van der Waals surface area (Å²) in [4.78, 5) is 26.1. The van der Waals surface area contributed by atoms with Crippen LogP contribution in [0.2, 0.25) is 0 Å². The molecule has 0 atom stereocenters. The predicted molar refractivity (Wildman–Crippen MR) is 93.6 cm³/mol. The molecular weight excluding hydrogens is 332 g/mol. The largest absolute Gasteiger partial charge is 0.448 e. The first-order valence-electron chi connectivity index (χ1n) is 7.24. The van der Waals surface area contributed by atoms with Gasteiger partial charge in [0, 0.05) is 4.90 Å². The smallest absolute Gasteiger partial charge is 0.332 e. The molecule has 1 aromatic carbocycles. The molecule has 0 aliphatic heterocycles. The summed E-state index contributed by atoms with van der Waals surface area (Å²) in [6, 6.07) is 9.39. The second kappa shape index (κ2) is 6.93. The molecule has 0 spiro atoms. The Kier molecular flexibility index (Phi) is 5.37. The van der Waals surface area contributed by atoms with E-state index in [0.29, 0.717) is 22.3 Å². The zero-order valence-electron chi connectivity index (χ0n) is 13.6. The van der Waals surface area contributed by atoms with E-state index in [1.165, 1.54) is 11.8 Å². The van der Waals surface area contributed by atoms with Gasteiger partial charge >= 0.3 is 5.97 Å². The maximum atomic E-state index is 12.8. The summed E-state index contributed by atoms with van der Waals surface area (Å²) in [6.07, 6.45) is 0. The fourth-order valence-corrected chi connectivity index (χ4v) is 4.25. The molecule has 3 nitrogen and oxygen atoms in total. The fourth-order valence-electron chi connectivity index (χ4n) is 2.75. The van der Waals surface area contributed by atoms with Crippen LogP contribution in [-0.4, -0.2) is 22.6 Å². The number of esters is 1. The van der Waals surface area contributed by atoms with Crippen LogP contribution in [0.25, 0.3) is 0 Å². The third kappa shape index (κ3) is 2.98. The van der Waals surface area contributed by atoms with Gasteiger partial charge in [-0.25, -0.2) is 4.79 Å². The number of allylic oxidation sites excluding steroid dienone is 2. The van der Waals surface area contributed by atoms with Gasteiger partial charge in [0.2, 0.25) is 0 Å². The minimum absolute atomic E-state index is 0.0250. The van der Waals surface area contributed by atoms with Crippen LogP contribution in [0.5, 0.6) is 0 Å². The minimum atomic E-state index is -1.06. The van der Waals surface area contributed by atoms with E-state index in [2.05, 4.69) is 0 Å². The fraction of sp³-hybridized carbons (Fsp3) is 0.333. The minimum Gasteiger partial charge on any atom is -0.448 e. The van der Waals surface area contributed by atoms with Gasteiger partial charge in [0.15, 0.2) is 16.6 Å². The molecule has 0 amide bonds. The lowest BCUT2D eigenvalue weighted by molar-refractivity contribution is -0.142. The molecule has 0 radical (unpaired) electrons. The van der Waals surface area contributed by atoms with Gasteiger partial charge in [-0.3, -0.25) is 4.79 Å². The number of benzene rings is 1. The van der Waals surface area contributed by atoms with Crippen LogP contribution in [0, 0.1) is 0 Å². The Morgan fingerprint density at radius 1 is 1.09 bits per heavy atom. The normalized spacial score (nSPS) is 17.5. The Hall–Kier alpha value is -1.52. The van der Waals surface area contributed by atoms with Crippen molar-refractivity contribution in [2.24, 2.45) is 0 Å². The van der Waals surface area contributed by atoms with Crippen LogP contribution in [0.15, 0.2) is 57.5 Å². The van der Waals surface area contributed by atoms with E-state index >= 15 is 0 Å². The molecule has 0 heterocycles. The molecule has 0 N–H and O–H groups in total. The molecule has 1 aliphatic carbocycles. The Labute approximate surface area is 145 Å². The van der Waals surface area contributed by atoms with E-state index in [1.54, 1.807) is 13.8 Å².